The van der Waals surface area contributed by atoms with Gasteiger partial charge in [0.1, 0.15) is 11.6 Å². The molecular formula is C14H15F3N4. The molecule has 1 aromatic carbocycles. The van der Waals surface area contributed by atoms with Gasteiger partial charge in [0.05, 0.1) is 0 Å². The normalized spacial score (nSPS) is 11.4. The van der Waals surface area contributed by atoms with E-state index in [1.807, 2.05) is 31.2 Å². The Morgan fingerprint density at radius 3 is 2.43 bits per heavy atom. The van der Waals surface area contributed by atoms with Crippen LogP contribution in [0.5, 0.6) is 0 Å². The Morgan fingerprint density at radius 2 is 1.81 bits per heavy atom. The number of nitrogens with two attached hydrogens (primary N) is 1. The van der Waals surface area contributed by atoms with Crippen LogP contribution in [0.25, 0.3) is 0 Å². The number of nitrogens with one attached hydrogen (secondary N) is 1. The predicted octanol–water partition coefficient (Wildman–Crippen LogP) is 3.25. The molecule has 0 saturated heterocycles. The lowest BCUT2D eigenvalue weighted by Gasteiger charge is -2.12. The van der Waals surface area contributed by atoms with Crippen LogP contribution in [0.1, 0.15) is 23.9 Å². The van der Waals surface area contributed by atoms with Gasteiger partial charge in [-0.1, -0.05) is 31.2 Å². The summed E-state index contributed by atoms with van der Waals surface area (Å²) in [6, 6.07) is 8.98. The molecule has 0 spiro atoms. The zero-order chi connectivity index (χ0) is 15.5. The average Bonchev–Trinajstić information content (AvgIpc) is 2.44. The zero-order valence-corrected chi connectivity index (χ0v) is 11.4. The van der Waals surface area contributed by atoms with Crippen molar-refractivity contribution in [3.8, 4) is 0 Å². The summed E-state index contributed by atoms with van der Waals surface area (Å²) in [5.41, 5.74) is 7.52. The standard InChI is InChI=1S/C14H15F3N4/c1-2-9-5-3-4-6-10(9)8-19-12-7-11(18)20-13(21-12)14(15,16)17/h3-7H,2,8H2,1H3,(H3,18,19,20,21). The average molecular weight is 296 g/mol. The highest BCUT2D eigenvalue weighted by Crippen LogP contribution is 2.27. The monoisotopic (exact) mass is 296 g/mol. The van der Waals surface area contributed by atoms with Crippen LogP contribution in [0.3, 0.4) is 0 Å². The summed E-state index contributed by atoms with van der Waals surface area (Å²) in [5, 5.41) is 2.86. The summed E-state index contributed by atoms with van der Waals surface area (Å²) < 4.78 is 37.9. The number of halogens is 3. The van der Waals surface area contributed by atoms with E-state index in [4.69, 9.17) is 5.73 Å². The van der Waals surface area contributed by atoms with Crippen molar-refractivity contribution < 1.29 is 13.2 Å². The number of hydrogen-bond acceptors (Lipinski definition) is 4. The van der Waals surface area contributed by atoms with Crippen LogP contribution in [-0.4, -0.2) is 9.97 Å². The van der Waals surface area contributed by atoms with Crippen molar-refractivity contribution in [2.75, 3.05) is 11.1 Å². The third kappa shape index (κ3) is 3.84. The molecule has 0 radical (unpaired) electrons. The second-order valence-electron chi connectivity index (χ2n) is 4.48. The van der Waals surface area contributed by atoms with Gasteiger partial charge in [0.2, 0.25) is 5.82 Å². The Balaban J connectivity index is 2.19. The first kappa shape index (κ1) is 15.1. The zero-order valence-electron chi connectivity index (χ0n) is 11.4. The maximum atomic E-state index is 12.6. The molecule has 0 amide bonds. The highest BCUT2D eigenvalue weighted by atomic mass is 19.4. The number of rotatable bonds is 4. The van der Waals surface area contributed by atoms with E-state index >= 15 is 0 Å². The number of anilines is 2. The first-order chi connectivity index (χ1) is 9.90. The van der Waals surface area contributed by atoms with Crippen LogP contribution >= 0.6 is 0 Å². The topological polar surface area (TPSA) is 63.8 Å². The van der Waals surface area contributed by atoms with E-state index in [1.165, 1.54) is 6.07 Å². The smallest absolute Gasteiger partial charge is 0.384 e. The fourth-order valence-electron chi connectivity index (χ4n) is 1.94. The number of aryl methyl sites for hydroxylation is 1. The van der Waals surface area contributed by atoms with Gasteiger partial charge in [0.25, 0.3) is 0 Å². The Morgan fingerprint density at radius 1 is 1.14 bits per heavy atom. The molecule has 2 rings (SSSR count). The second kappa shape index (κ2) is 5.99. The van der Waals surface area contributed by atoms with E-state index < -0.39 is 12.0 Å². The first-order valence-corrected chi connectivity index (χ1v) is 6.42. The first-order valence-electron chi connectivity index (χ1n) is 6.42. The molecule has 0 fully saturated rings. The molecule has 3 N–H and O–H groups in total. The van der Waals surface area contributed by atoms with Crippen LogP contribution in [0.4, 0.5) is 24.8 Å². The molecule has 0 aliphatic heterocycles. The van der Waals surface area contributed by atoms with Crippen LogP contribution in [0, 0.1) is 0 Å². The van der Waals surface area contributed by atoms with E-state index in [1.54, 1.807) is 0 Å². The molecular weight excluding hydrogens is 281 g/mol. The van der Waals surface area contributed by atoms with Crippen LogP contribution in [0.2, 0.25) is 0 Å². The van der Waals surface area contributed by atoms with Crippen molar-refractivity contribution in [1.82, 2.24) is 9.97 Å². The molecule has 1 aromatic heterocycles. The van der Waals surface area contributed by atoms with Gasteiger partial charge in [0, 0.05) is 12.6 Å². The van der Waals surface area contributed by atoms with E-state index in [2.05, 4.69) is 15.3 Å². The molecule has 7 heteroatoms. The summed E-state index contributed by atoms with van der Waals surface area (Å²) in [6.45, 7) is 2.39. The third-order valence-electron chi connectivity index (χ3n) is 2.96. The molecule has 21 heavy (non-hydrogen) atoms. The van der Waals surface area contributed by atoms with Gasteiger partial charge in [-0.3, -0.25) is 0 Å². The Bertz CT molecular complexity index is 626. The summed E-state index contributed by atoms with van der Waals surface area (Å²) in [7, 11) is 0. The van der Waals surface area contributed by atoms with E-state index in [0.29, 0.717) is 6.54 Å². The lowest BCUT2D eigenvalue weighted by molar-refractivity contribution is -0.144. The minimum atomic E-state index is -4.62. The van der Waals surface area contributed by atoms with Gasteiger partial charge in [-0.15, -0.1) is 0 Å². The van der Waals surface area contributed by atoms with Crippen molar-refractivity contribution in [2.45, 2.75) is 26.1 Å². The summed E-state index contributed by atoms with van der Waals surface area (Å²) in [6.07, 6.45) is -3.77. The van der Waals surface area contributed by atoms with Gasteiger partial charge >= 0.3 is 6.18 Å². The van der Waals surface area contributed by atoms with Crippen molar-refractivity contribution in [3.63, 3.8) is 0 Å². The third-order valence-corrected chi connectivity index (χ3v) is 2.96. The Kier molecular flexibility index (Phi) is 4.30. The summed E-state index contributed by atoms with van der Waals surface area (Å²) >= 11 is 0. The van der Waals surface area contributed by atoms with Crippen LogP contribution in [0.15, 0.2) is 30.3 Å². The highest BCUT2D eigenvalue weighted by molar-refractivity contribution is 5.45. The molecule has 0 saturated carbocycles. The van der Waals surface area contributed by atoms with Crippen molar-refractivity contribution in [3.05, 3.63) is 47.3 Å². The van der Waals surface area contributed by atoms with E-state index in [0.717, 1.165) is 17.5 Å². The van der Waals surface area contributed by atoms with E-state index in [9.17, 15) is 13.2 Å². The highest BCUT2D eigenvalue weighted by Gasteiger charge is 2.35. The minimum Gasteiger partial charge on any atom is -0.384 e. The SMILES string of the molecule is CCc1ccccc1CNc1cc(N)nc(C(F)(F)F)n1. The number of hydrogen-bond donors (Lipinski definition) is 2. The van der Waals surface area contributed by atoms with Gasteiger partial charge in [0.15, 0.2) is 0 Å². The van der Waals surface area contributed by atoms with Crippen molar-refractivity contribution in [2.24, 2.45) is 0 Å². The Labute approximate surface area is 120 Å². The molecule has 4 nitrogen and oxygen atoms in total. The molecule has 2 aromatic rings. The minimum absolute atomic E-state index is 0.0562. The number of nitrogens with zero attached hydrogens (tertiary/aromatic N) is 2. The molecule has 1 heterocycles. The molecule has 112 valence electrons. The lowest BCUT2D eigenvalue weighted by atomic mass is 10.1. The van der Waals surface area contributed by atoms with Gasteiger partial charge in [-0.25, -0.2) is 9.97 Å². The predicted molar refractivity (Wildman–Crippen MR) is 74.6 cm³/mol. The lowest BCUT2D eigenvalue weighted by Crippen LogP contribution is -2.14. The van der Waals surface area contributed by atoms with Crippen molar-refractivity contribution >= 4 is 11.6 Å². The fourth-order valence-corrected chi connectivity index (χ4v) is 1.94. The van der Waals surface area contributed by atoms with Crippen LogP contribution < -0.4 is 11.1 Å². The van der Waals surface area contributed by atoms with E-state index in [-0.39, 0.29) is 11.6 Å². The number of nitrogen functional groups attached to an aromatic ring is 1. The molecule has 0 aliphatic carbocycles. The second-order valence-corrected chi connectivity index (χ2v) is 4.48. The number of benzene rings is 1. The van der Waals surface area contributed by atoms with Gasteiger partial charge in [-0.05, 0) is 17.5 Å². The van der Waals surface area contributed by atoms with Crippen LogP contribution in [-0.2, 0) is 19.1 Å². The molecule has 0 unspecified atom stereocenters. The number of aromatic nitrogens is 2. The summed E-state index contributed by atoms with van der Waals surface area (Å²) in [4.78, 5) is 6.64. The summed E-state index contributed by atoms with van der Waals surface area (Å²) in [5.74, 6) is -1.40. The molecule has 0 bridgehead atoms. The van der Waals surface area contributed by atoms with Gasteiger partial charge < -0.3 is 11.1 Å². The maximum Gasteiger partial charge on any atom is 0.451 e. The molecule has 0 aliphatic rings. The largest absolute Gasteiger partial charge is 0.451 e. The number of alkyl halides is 3. The van der Waals surface area contributed by atoms with Gasteiger partial charge in [-0.2, -0.15) is 13.2 Å². The molecule has 0 atom stereocenters. The Hall–Kier alpha value is -2.31. The maximum absolute atomic E-state index is 12.6. The van der Waals surface area contributed by atoms with Crippen molar-refractivity contribution in [1.29, 1.82) is 0 Å². The quantitative estimate of drug-likeness (QED) is 0.909. The fraction of sp³-hybridized carbons (Fsp3) is 0.286.